The molecule has 6 nitrogen and oxygen atoms in total. The van der Waals surface area contributed by atoms with Gasteiger partial charge in [-0.2, -0.15) is 0 Å². The van der Waals surface area contributed by atoms with Gasteiger partial charge in [0, 0.05) is 11.5 Å². The molecule has 7 heteroatoms. The largest absolute Gasteiger partial charge is 0.505 e. The molecule has 0 saturated carbocycles. The van der Waals surface area contributed by atoms with E-state index in [1.54, 1.807) is 13.0 Å². The number of ether oxygens (including phenoxy) is 2. The van der Waals surface area contributed by atoms with Crippen molar-refractivity contribution in [3.05, 3.63) is 53.6 Å². The molecule has 3 aromatic rings. The number of nitrogens with zero attached hydrogens (tertiary/aromatic N) is 2. The zero-order valence-electron chi connectivity index (χ0n) is 12.9. The zero-order valence-corrected chi connectivity index (χ0v) is 12.9. The van der Waals surface area contributed by atoms with Gasteiger partial charge >= 0.3 is 5.97 Å². The van der Waals surface area contributed by atoms with E-state index < -0.39 is 5.97 Å². The molecule has 0 atom stereocenters. The van der Waals surface area contributed by atoms with E-state index in [-0.39, 0.29) is 23.1 Å². The first-order valence-electron chi connectivity index (χ1n) is 7.01. The lowest BCUT2D eigenvalue weighted by Gasteiger charge is -2.10. The molecule has 122 valence electrons. The summed E-state index contributed by atoms with van der Waals surface area (Å²) in [6, 6.07) is 8.60. The minimum absolute atomic E-state index is 0.170. The van der Waals surface area contributed by atoms with Crippen molar-refractivity contribution >= 4 is 16.9 Å². The summed E-state index contributed by atoms with van der Waals surface area (Å²) in [7, 11) is 1.21. The summed E-state index contributed by atoms with van der Waals surface area (Å²) in [5.41, 5.74) is 0.657. The lowest BCUT2D eigenvalue weighted by molar-refractivity contribution is 0.0590. The summed E-state index contributed by atoms with van der Waals surface area (Å²) in [4.78, 5) is 20.0. The molecule has 0 aliphatic carbocycles. The van der Waals surface area contributed by atoms with Gasteiger partial charge in [-0.1, -0.05) is 0 Å². The van der Waals surface area contributed by atoms with Crippen LogP contribution in [0, 0.1) is 12.7 Å². The second-order valence-electron chi connectivity index (χ2n) is 4.99. The van der Waals surface area contributed by atoms with Gasteiger partial charge in [-0.15, -0.1) is 0 Å². The van der Waals surface area contributed by atoms with E-state index in [1.165, 1.54) is 37.4 Å². The van der Waals surface area contributed by atoms with Gasteiger partial charge in [0.2, 0.25) is 5.88 Å². The number of esters is 1. The van der Waals surface area contributed by atoms with Crippen molar-refractivity contribution in [3.63, 3.8) is 0 Å². The Labute approximate surface area is 136 Å². The summed E-state index contributed by atoms with van der Waals surface area (Å²) in [6.45, 7) is 1.66. The highest BCUT2D eigenvalue weighted by Crippen LogP contribution is 2.31. The molecule has 2 aromatic heterocycles. The third kappa shape index (κ3) is 2.83. The predicted molar refractivity (Wildman–Crippen MR) is 83.8 cm³/mol. The summed E-state index contributed by atoms with van der Waals surface area (Å²) in [5, 5.41) is 10.6. The second kappa shape index (κ2) is 6.11. The maximum atomic E-state index is 12.9. The van der Waals surface area contributed by atoms with Crippen LogP contribution in [0.15, 0.2) is 36.4 Å². The van der Waals surface area contributed by atoms with Gasteiger partial charge in [-0.3, -0.25) is 0 Å². The number of hydrogen-bond acceptors (Lipinski definition) is 6. The molecule has 0 aliphatic rings. The molecule has 24 heavy (non-hydrogen) atoms. The molecule has 1 aromatic carbocycles. The normalized spacial score (nSPS) is 10.6. The van der Waals surface area contributed by atoms with Crippen LogP contribution < -0.4 is 4.74 Å². The molecular weight excluding hydrogens is 315 g/mol. The lowest BCUT2D eigenvalue weighted by Crippen LogP contribution is -2.07. The summed E-state index contributed by atoms with van der Waals surface area (Å²) < 4.78 is 23.1. The van der Waals surface area contributed by atoms with Crippen molar-refractivity contribution in [1.29, 1.82) is 0 Å². The molecule has 0 spiro atoms. The van der Waals surface area contributed by atoms with Crippen LogP contribution in [0.5, 0.6) is 17.4 Å². The van der Waals surface area contributed by atoms with Crippen LogP contribution in [0.2, 0.25) is 0 Å². The van der Waals surface area contributed by atoms with Crippen molar-refractivity contribution in [2.45, 2.75) is 6.92 Å². The van der Waals surface area contributed by atoms with Crippen LogP contribution in [-0.2, 0) is 4.74 Å². The first-order valence-corrected chi connectivity index (χ1v) is 7.01. The van der Waals surface area contributed by atoms with Crippen LogP contribution >= 0.6 is 0 Å². The smallest absolute Gasteiger partial charge is 0.360 e. The van der Waals surface area contributed by atoms with Crippen molar-refractivity contribution in [1.82, 2.24) is 9.97 Å². The van der Waals surface area contributed by atoms with E-state index in [1.807, 2.05) is 0 Å². The number of halogens is 1. The number of carbonyl (C=O) groups is 1. The van der Waals surface area contributed by atoms with E-state index in [9.17, 15) is 14.3 Å². The third-order valence-corrected chi connectivity index (χ3v) is 3.39. The standard InChI is InChI=1S/C17H13FN2O4/c1-9-14-12(16(21)15(19-9)17(22)23-2)7-8-13(20-14)24-11-5-3-10(18)4-6-11/h3-8,21H,1-2H3. The highest BCUT2D eigenvalue weighted by molar-refractivity contribution is 5.98. The van der Waals surface area contributed by atoms with E-state index in [0.29, 0.717) is 22.3 Å². The number of hydrogen-bond donors (Lipinski definition) is 1. The van der Waals surface area contributed by atoms with Gasteiger partial charge in [0.15, 0.2) is 11.4 Å². The van der Waals surface area contributed by atoms with Crippen molar-refractivity contribution < 1.29 is 23.8 Å². The number of methoxy groups -OCH3 is 1. The molecule has 1 N–H and O–H groups in total. The van der Waals surface area contributed by atoms with Crippen molar-refractivity contribution in [2.75, 3.05) is 7.11 Å². The van der Waals surface area contributed by atoms with Gasteiger partial charge in [-0.05, 0) is 37.3 Å². The van der Waals surface area contributed by atoms with E-state index >= 15 is 0 Å². The number of aryl methyl sites for hydroxylation is 1. The monoisotopic (exact) mass is 328 g/mol. The molecule has 0 saturated heterocycles. The Bertz CT molecular complexity index is 926. The molecule has 2 heterocycles. The van der Waals surface area contributed by atoms with Crippen LogP contribution in [0.4, 0.5) is 4.39 Å². The van der Waals surface area contributed by atoms with Crippen LogP contribution in [-0.4, -0.2) is 28.2 Å². The number of carbonyl (C=O) groups excluding carboxylic acids is 1. The quantitative estimate of drug-likeness (QED) is 0.743. The summed E-state index contributed by atoms with van der Waals surface area (Å²) >= 11 is 0. The van der Waals surface area contributed by atoms with Gasteiger partial charge in [-0.25, -0.2) is 19.2 Å². The number of rotatable bonds is 3. The first kappa shape index (κ1) is 15.7. The maximum absolute atomic E-state index is 12.9. The average Bonchev–Trinajstić information content (AvgIpc) is 2.59. The lowest BCUT2D eigenvalue weighted by atomic mass is 10.1. The van der Waals surface area contributed by atoms with Crippen LogP contribution in [0.1, 0.15) is 16.2 Å². The molecule has 0 unspecified atom stereocenters. The molecule has 3 rings (SSSR count). The Hall–Kier alpha value is -3.22. The van der Waals surface area contributed by atoms with Crippen LogP contribution in [0.25, 0.3) is 10.9 Å². The molecular formula is C17H13FN2O4. The Morgan fingerprint density at radius 3 is 2.50 bits per heavy atom. The van der Waals surface area contributed by atoms with Gasteiger partial charge in [0.25, 0.3) is 0 Å². The predicted octanol–water partition coefficient (Wildman–Crippen LogP) is 3.36. The molecule has 0 fully saturated rings. The maximum Gasteiger partial charge on any atom is 0.360 e. The molecule has 0 aliphatic heterocycles. The number of fused-ring (bicyclic) bond motifs is 1. The van der Waals surface area contributed by atoms with Gasteiger partial charge < -0.3 is 14.6 Å². The average molecular weight is 328 g/mol. The SMILES string of the molecule is COC(=O)c1nc(C)c2nc(Oc3ccc(F)cc3)ccc2c1O. The zero-order chi connectivity index (χ0) is 17.3. The van der Waals surface area contributed by atoms with E-state index in [4.69, 9.17) is 4.74 Å². The van der Waals surface area contributed by atoms with Crippen molar-refractivity contribution in [2.24, 2.45) is 0 Å². The number of benzene rings is 1. The van der Waals surface area contributed by atoms with Gasteiger partial charge in [0.05, 0.1) is 18.3 Å². The Morgan fingerprint density at radius 2 is 1.83 bits per heavy atom. The minimum Gasteiger partial charge on any atom is -0.505 e. The summed E-state index contributed by atoms with van der Waals surface area (Å²) in [6.07, 6.45) is 0. The topological polar surface area (TPSA) is 81.5 Å². The molecule has 0 bridgehead atoms. The minimum atomic E-state index is -0.732. The number of aromatic hydroxyl groups is 1. The fourth-order valence-corrected chi connectivity index (χ4v) is 2.23. The van der Waals surface area contributed by atoms with Gasteiger partial charge in [0.1, 0.15) is 11.6 Å². The number of pyridine rings is 2. The first-order chi connectivity index (χ1) is 11.5. The number of aromatic nitrogens is 2. The van der Waals surface area contributed by atoms with Crippen LogP contribution in [0.3, 0.4) is 0 Å². The Kier molecular flexibility index (Phi) is 3.99. The van der Waals surface area contributed by atoms with Crippen molar-refractivity contribution in [3.8, 4) is 17.4 Å². The highest BCUT2D eigenvalue weighted by Gasteiger charge is 2.19. The van der Waals surface area contributed by atoms with E-state index in [2.05, 4.69) is 14.7 Å². The summed E-state index contributed by atoms with van der Waals surface area (Å²) in [5.74, 6) is -0.727. The highest BCUT2D eigenvalue weighted by atomic mass is 19.1. The third-order valence-electron chi connectivity index (χ3n) is 3.39. The fourth-order valence-electron chi connectivity index (χ4n) is 2.23. The van der Waals surface area contributed by atoms with E-state index in [0.717, 1.165) is 0 Å². The molecule has 0 amide bonds. The Balaban J connectivity index is 2.04. The Morgan fingerprint density at radius 1 is 1.12 bits per heavy atom. The second-order valence-corrected chi connectivity index (χ2v) is 4.99. The molecule has 0 radical (unpaired) electrons. The fraction of sp³-hybridized carbons (Fsp3) is 0.118.